The fraction of sp³-hybridized carbons (Fsp3) is 0.200. The van der Waals surface area contributed by atoms with Crippen molar-refractivity contribution in [2.24, 2.45) is 0 Å². The van der Waals surface area contributed by atoms with Crippen LogP contribution in [0.15, 0.2) is 90.4 Å². The molecule has 0 aliphatic carbocycles. The average molecular weight is 480 g/mol. The van der Waals surface area contributed by atoms with Gasteiger partial charge < -0.3 is 4.90 Å². The Bertz CT molecular complexity index is 1420. The number of carbonyl (C=O) groups is 1. The van der Waals surface area contributed by atoms with E-state index in [9.17, 15) is 4.79 Å². The number of amides is 1. The summed E-state index contributed by atoms with van der Waals surface area (Å²) < 4.78 is 2.17. The summed E-state index contributed by atoms with van der Waals surface area (Å²) >= 11 is 1.65. The summed E-state index contributed by atoms with van der Waals surface area (Å²) in [7, 11) is 0. The van der Waals surface area contributed by atoms with Crippen molar-refractivity contribution < 1.29 is 4.79 Å². The van der Waals surface area contributed by atoms with Crippen LogP contribution in [0.2, 0.25) is 0 Å². The van der Waals surface area contributed by atoms with Gasteiger partial charge in [-0.15, -0.1) is 11.3 Å². The summed E-state index contributed by atoms with van der Waals surface area (Å²) in [5.74, 6) is 0.0638. The second-order valence-corrected chi connectivity index (χ2v) is 9.72. The fourth-order valence-electron chi connectivity index (χ4n) is 4.24. The number of thiazole rings is 1. The average Bonchev–Trinajstić information content (AvgIpc) is 3.49. The predicted molar refractivity (Wildman–Crippen MR) is 144 cm³/mol. The van der Waals surface area contributed by atoms with Crippen molar-refractivity contribution in [3.8, 4) is 11.3 Å². The number of hydrogen-bond acceptors (Lipinski definition) is 3. The molecule has 3 aromatic carbocycles. The molecule has 0 N–H and O–H groups in total. The summed E-state index contributed by atoms with van der Waals surface area (Å²) in [5.41, 5.74) is 7.61. The lowest BCUT2D eigenvalue weighted by Crippen LogP contribution is -2.32. The van der Waals surface area contributed by atoms with E-state index in [0.717, 1.165) is 40.2 Å². The van der Waals surface area contributed by atoms with E-state index in [1.807, 2.05) is 35.2 Å². The summed E-state index contributed by atoms with van der Waals surface area (Å²) in [4.78, 5) is 21.3. The van der Waals surface area contributed by atoms with Gasteiger partial charge in [-0.25, -0.2) is 4.98 Å². The number of hydrogen-bond donors (Lipinski definition) is 0. The Morgan fingerprint density at radius 2 is 1.69 bits per heavy atom. The van der Waals surface area contributed by atoms with Crippen LogP contribution in [0.25, 0.3) is 16.2 Å². The fourth-order valence-corrected chi connectivity index (χ4v) is 5.15. The van der Waals surface area contributed by atoms with Gasteiger partial charge in [-0.05, 0) is 36.6 Å². The van der Waals surface area contributed by atoms with Gasteiger partial charge in [0.25, 0.3) is 5.91 Å². The minimum absolute atomic E-state index is 0.0638. The van der Waals surface area contributed by atoms with Crippen LogP contribution in [0, 0.1) is 6.92 Å². The van der Waals surface area contributed by atoms with Crippen LogP contribution in [0.5, 0.6) is 0 Å². The third-order valence-corrected chi connectivity index (χ3v) is 7.27. The molecule has 2 aromatic heterocycles. The lowest BCUT2D eigenvalue weighted by molar-refractivity contribution is 0.0744. The number of benzene rings is 3. The Balaban J connectivity index is 1.38. The smallest absolute Gasteiger partial charge is 0.254 e. The molecule has 2 heterocycles. The summed E-state index contributed by atoms with van der Waals surface area (Å²) in [6, 6.07) is 26.7. The number of rotatable bonds is 8. The van der Waals surface area contributed by atoms with Gasteiger partial charge in [0, 0.05) is 47.9 Å². The van der Waals surface area contributed by atoms with Gasteiger partial charge >= 0.3 is 0 Å². The molecule has 5 rings (SSSR count). The first-order chi connectivity index (χ1) is 17.1. The lowest BCUT2D eigenvalue weighted by atomic mass is 10.1. The van der Waals surface area contributed by atoms with E-state index < -0.39 is 0 Å². The number of imidazole rings is 1. The molecule has 0 radical (unpaired) electrons. The molecule has 5 heteroatoms. The van der Waals surface area contributed by atoms with Crippen molar-refractivity contribution in [2.75, 3.05) is 6.54 Å². The monoisotopic (exact) mass is 479 g/mol. The predicted octanol–water partition coefficient (Wildman–Crippen LogP) is 6.82. The molecule has 5 aromatic rings. The summed E-state index contributed by atoms with van der Waals surface area (Å²) in [5, 5.41) is 2.16. The Hall–Kier alpha value is -3.70. The Labute approximate surface area is 210 Å². The van der Waals surface area contributed by atoms with Crippen molar-refractivity contribution in [2.45, 2.75) is 33.2 Å². The molecule has 0 fully saturated rings. The molecule has 0 unspecified atom stereocenters. The minimum atomic E-state index is 0.0638. The zero-order chi connectivity index (χ0) is 24.2. The largest absolute Gasteiger partial charge is 0.334 e. The highest BCUT2D eigenvalue weighted by molar-refractivity contribution is 7.15. The maximum Gasteiger partial charge on any atom is 0.254 e. The van der Waals surface area contributed by atoms with Crippen molar-refractivity contribution in [3.63, 3.8) is 0 Å². The Morgan fingerprint density at radius 1 is 0.943 bits per heavy atom. The first-order valence-electron chi connectivity index (χ1n) is 12.1. The number of aromatic nitrogens is 2. The third kappa shape index (κ3) is 5.20. The van der Waals surface area contributed by atoms with Crippen molar-refractivity contribution >= 4 is 22.2 Å². The molecule has 0 atom stereocenters. The normalized spacial score (nSPS) is 11.1. The molecule has 35 heavy (non-hydrogen) atoms. The highest BCUT2D eigenvalue weighted by atomic mass is 32.1. The Morgan fingerprint density at radius 3 is 2.40 bits per heavy atom. The number of fused-ring (bicyclic) bond motifs is 1. The van der Waals surface area contributed by atoms with Gasteiger partial charge in [-0.2, -0.15) is 0 Å². The van der Waals surface area contributed by atoms with Gasteiger partial charge in [-0.1, -0.05) is 79.2 Å². The summed E-state index contributed by atoms with van der Waals surface area (Å²) in [6.07, 6.45) is 3.83. The molecule has 0 spiro atoms. The zero-order valence-corrected chi connectivity index (χ0v) is 21.0. The lowest BCUT2D eigenvalue weighted by Gasteiger charge is -2.23. The molecule has 0 aliphatic rings. The number of nitrogens with zero attached hydrogens (tertiary/aromatic N) is 3. The molecule has 0 saturated carbocycles. The van der Waals surface area contributed by atoms with Crippen LogP contribution in [0.3, 0.4) is 0 Å². The third-order valence-electron chi connectivity index (χ3n) is 6.38. The van der Waals surface area contributed by atoms with Crippen LogP contribution < -0.4 is 0 Å². The molecule has 1 amide bonds. The van der Waals surface area contributed by atoms with Crippen molar-refractivity contribution in [3.05, 3.63) is 118 Å². The van der Waals surface area contributed by atoms with Crippen LogP contribution in [-0.4, -0.2) is 26.7 Å². The van der Waals surface area contributed by atoms with E-state index in [1.165, 1.54) is 16.8 Å². The van der Waals surface area contributed by atoms with Crippen LogP contribution in [0.1, 0.15) is 39.7 Å². The van der Waals surface area contributed by atoms with Crippen LogP contribution >= 0.6 is 11.3 Å². The molecular weight excluding hydrogens is 450 g/mol. The standard InChI is InChI=1S/C30H29N3OS/c1-3-23-11-15-26(16-12-23)29(34)32(19-24-7-5-4-6-8-24)18-17-27-21-35-30-31-28(20-33(27)30)25-13-9-22(2)10-14-25/h4-16,20-21H,3,17-19H2,1-2H3. The topological polar surface area (TPSA) is 37.6 Å². The molecular formula is C30H29N3OS. The highest BCUT2D eigenvalue weighted by Crippen LogP contribution is 2.24. The van der Waals surface area contributed by atoms with E-state index in [0.29, 0.717) is 13.1 Å². The van der Waals surface area contributed by atoms with E-state index in [1.54, 1.807) is 11.3 Å². The molecule has 176 valence electrons. The van der Waals surface area contributed by atoms with Gasteiger partial charge in [0.1, 0.15) is 0 Å². The van der Waals surface area contributed by atoms with E-state index >= 15 is 0 Å². The Kier molecular flexibility index (Phi) is 6.77. The molecule has 0 bridgehead atoms. The van der Waals surface area contributed by atoms with E-state index in [4.69, 9.17) is 4.98 Å². The van der Waals surface area contributed by atoms with Gasteiger partial charge in [0.15, 0.2) is 4.96 Å². The second-order valence-electron chi connectivity index (χ2n) is 8.88. The van der Waals surface area contributed by atoms with E-state index in [-0.39, 0.29) is 5.91 Å². The van der Waals surface area contributed by atoms with E-state index in [2.05, 4.69) is 78.4 Å². The maximum absolute atomic E-state index is 13.5. The van der Waals surface area contributed by atoms with Gasteiger partial charge in [0.2, 0.25) is 0 Å². The second kappa shape index (κ2) is 10.3. The van der Waals surface area contributed by atoms with Gasteiger partial charge in [0.05, 0.1) is 5.69 Å². The first-order valence-corrected chi connectivity index (χ1v) is 12.9. The quantitative estimate of drug-likeness (QED) is 0.245. The van der Waals surface area contributed by atoms with Gasteiger partial charge in [-0.3, -0.25) is 9.20 Å². The molecule has 0 saturated heterocycles. The first kappa shape index (κ1) is 23.1. The van der Waals surface area contributed by atoms with Crippen molar-refractivity contribution in [1.82, 2.24) is 14.3 Å². The minimum Gasteiger partial charge on any atom is -0.334 e. The molecule has 0 aliphatic heterocycles. The summed E-state index contributed by atoms with van der Waals surface area (Å²) in [6.45, 7) is 5.43. The SMILES string of the molecule is CCc1ccc(C(=O)N(CCc2csc3nc(-c4ccc(C)cc4)cn23)Cc2ccccc2)cc1. The number of aryl methyl sites for hydroxylation is 2. The maximum atomic E-state index is 13.5. The highest BCUT2D eigenvalue weighted by Gasteiger charge is 2.18. The van der Waals surface area contributed by atoms with Crippen LogP contribution in [0.4, 0.5) is 0 Å². The van der Waals surface area contributed by atoms with Crippen molar-refractivity contribution in [1.29, 1.82) is 0 Å². The number of carbonyl (C=O) groups excluding carboxylic acids is 1. The molecule has 4 nitrogen and oxygen atoms in total. The van der Waals surface area contributed by atoms with Crippen LogP contribution in [-0.2, 0) is 19.4 Å². The zero-order valence-electron chi connectivity index (χ0n) is 20.1.